The molecule has 1 atom stereocenters. The van der Waals surface area contributed by atoms with Gasteiger partial charge in [-0.3, -0.25) is 4.98 Å². The molecule has 0 radical (unpaired) electrons. The Morgan fingerprint density at radius 3 is 2.45 bits per heavy atom. The highest BCUT2D eigenvalue weighted by atomic mass is 19.1. The number of fused-ring (bicyclic) bond motifs is 6. The van der Waals surface area contributed by atoms with Crippen LogP contribution in [0.25, 0.3) is 32.3 Å². The zero-order valence-electron chi connectivity index (χ0n) is 17.8. The van der Waals surface area contributed by atoms with Crippen molar-refractivity contribution < 1.29 is 4.39 Å². The van der Waals surface area contributed by atoms with Crippen molar-refractivity contribution in [3.63, 3.8) is 0 Å². The summed E-state index contributed by atoms with van der Waals surface area (Å²) in [6.07, 6.45) is 8.25. The number of halogens is 1. The van der Waals surface area contributed by atoms with Gasteiger partial charge in [-0.15, -0.1) is 0 Å². The summed E-state index contributed by atoms with van der Waals surface area (Å²) < 4.78 is 14.7. The van der Waals surface area contributed by atoms with E-state index in [1.54, 1.807) is 6.07 Å². The molecule has 4 aromatic carbocycles. The van der Waals surface area contributed by atoms with Crippen molar-refractivity contribution in [2.75, 3.05) is 0 Å². The number of aryl methyl sites for hydroxylation is 1. The van der Waals surface area contributed by atoms with E-state index in [0.717, 1.165) is 34.4 Å². The van der Waals surface area contributed by atoms with Crippen LogP contribution in [0.15, 0.2) is 85.2 Å². The molecular formula is C29H26FN. The molecule has 1 heterocycles. The minimum atomic E-state index is -0.0581. The summed E-state index contributed by atoms with van der Waals surface area (Å²) in [5.74, 6) is 0.543. The van der Waals surface area contributed by atoms with Crippen molar-refractivity contribution in [2.45, 2.75) is 38.5 Å². The molecule has 0 bridgehead atoms. The third-order valence-electron chi connectivity index (χ3n) is 6.58. The Morgan fingerprint density at radius 1 is 0.871 bits per heavy atom. The fourth-order valence-electron chi connectivity index (χ4n) is 5.02. The Bertz CT molecular complexity index is 1310. The van der Waals surface area contributed by atoms with Crippen LogP contribution < -0.4 is 0 Å². The average Bonchev–Trinajstić information content (AvgIpc) is 2.83. The second-order valence-corrected chi connectivity index (χ2v) is 8.36. The van der Waals surface area contributed by atoms with E-state index in [2.05, 4.69) is 42.2 Å². The smallest absolute Gasteiger partial charge is 0.131 e. The number of aromatic nitrogens is 1. The van der Waals surface area contributed by atoms with Gasteiger partial charge in [0.15, 0.2) is 0 Å². The van der Waals surface area contributed by atoms with Gasteiger partial charge < -0.3 is 0 Å². The Morgan fingerprint density at radius 2 is 1.65 bits per heavy atom. The van der Waals surface area contributed by atoms with E-state index in [0.29, 0.717) is 5.92 Å². The first-order chi connectivity index (χ1) is 15.3. The molecule has 1 nitrogen and oxygen atoms in total. The molecule has 1 aliphatic carbocycles. The van der Waals surface area contributed by atoms with Crippen molar-refractivity contribution in [2.24, 2.45) is 0 Å². The second-order valence-electron chi connectivity index (χ2n) is 8.36. The quantitative estimate of drug-likeness (QED) is 0.255. The number of hydrogen-bond acceptors (Lipinski definition) is 1. The molecule has 154 valence electrons. The third-order valence-corrected chi connectivity index (χ3v) is 6.58. The van der Waals surface area contributed by atoms with Gasteiger partial charge in [0.1, 0.15) is 5.82 Å². The SMILES string of the molecule is CCC1CCCc2c1ccc1c2c(F)cc2ccccc21.c1ccc2cnccc2c1. The van der Waals surface area contributed by atoms with Gasteiger partial charge in [0, 0.05) is 17.8 Å². The van der Waals surface area contributed by atoms with Crippen LogP contribution in [0.2, 0.25) is 0 Å². The van der Waals surface area contributed by atoms with Gasteiger partial charge >= 0.3 is 0 Å². The zero-order chi connectivity index (χ0) is 21.2. The standard InChI is InChI=1S/C20H19F.C9H7N/c1-2-13-7-5-9-17-16(13)10-11-18-15-8-4-3-6-14(15)12-19(21)20(17)18;1-2-4-9-7-10-6-5-8(9)3-1/h3-4,6,8,10-13H,2,5,7,9H2,1H3;1-7H. The monoisotopic (exact) mass is 407 g/mol. The summed E-state index contributed by atoms with van der Waals surface area (Å²) in [5, 5.41) is 6.54. The molecule has 0 spiro atoms. The molecule has 1 unspecified atom stereocenters. The summed E-state index contributed by atoms with van der Waals surface area (Å²) in [7, 11) is 0. The number of pyridine rings is 1. The van der Waals surface area contributed by atoms with Crippen molar-refractivity contribution in [1.82, 2.24) is 4.98 Å². The van der Waals surface area contributed by atoms with Gasteiger partial charge in [-0.2, -0.15) is 0 Å². The highest BCUT2D eigenvalue weighted by Gasteiger charge is 2.22. The van der Waals surface area contributed by atoms with Crippen LogP contribution in [-0.4, -0.2) is 4.98 Å². The maximum atomic E-state index is 14.7. The van der Waals surface area contributed by atoms with Crippen LogP contribution in [0.4, 0.5) is 4.39 Å². The Balaban J connectivity index is 0.000000171. The summed E-state index contributed by atoms with van der Waals surface area (Å²) in [6.45, 7) is 2.24. The van der Waals surface area contributed by atoms with Gasteiger partial charge in [-0.05, 0) is 81.8 Å². The van der Waals surface area contributed by atoms with E-state index in [-0.39, 0.29) is 5.82 Å². The second kappa shape index (κ2) is 8.47. The van der Waals surface area contributed by atoms with Gasteiger partial charge in [0.2, 0.25) is 0 Å². The number of hydrogen-bond donors (Lipinski definition) is 0. The van der Waals surface area contributed by atoms with Crippen molar-refractivity contribution in [1.29, 1.82) is 0 Å². The average molecular weight is 408 g/mol. The van der Waals surface area contributed by atoms with Crippen LogP contribution in [0.3, 0.4) is 0 Å². The van der Waals surface area contributed by atoms with Gasteiger partial charge in [-0.25, -0.2) is 4.39 Å². The zero-order valence-corrected chi connectivity index (χ0v) is 17.8. The number of benzene rings is 4. The Hall–Kier alpha value is -3.26. The van der Waals surface area contributed by atoms with E-state index in [9.17, 15) is 4.39 Å². The lowest BCUT2D eigenvalue weighted by molar-refractivity contribution is 0.540. The molecule has 5 aromatic rings. The van der Waals surface area contributed by atoms with Crippen LogP contribution in [0.1, 0.15) is 43.2 Å². The third kappa shape index (κ3) is 3.67. The topological polar surface area (TPSA) is 12.9 Å². The Labute approximate surface area is 182 Å². The lowest BCUT2D eigenvalue weighted by atomic mass is 9.79. The van der Waals surface area contributed by atoms with E-state index < -0.39 is 0 Å². The van der Waals surface area contributed by atoms with E-state index >= 15 is 0 Å². The lowest BCUT2D eigenvalue weighted by Crippen LogP contribution is -2.10. The van der Waals surface area contributed by atoms with Crippen LogP contribution >= 0.6 is 0 Å². The number of nitrogens with zero attached hydrogens (tertiary/aromatic N) is 1. The van der Waals surface area contributed by atoms with E-state index in [4.69, 9.17) is 0 Å². The first kappa shape index (κ1) is 19.7. The highest BCUT2D eigenvalue weighted by Crippen LogP contribution is 2.40. The molecule has 31 heavy (non-hydrogen) atoms. The summed E-state index contributed by atoms with van der Waals surface area (Å²) in [4.78, 5) is 4.01. The molecule has 0 aliphatic heterocycles. The van der Waals surface area contributed by atoms with Crippen LogP contribution in [-0.2, 0) is 6.42 Å². The van der Waals surface area contributed by atoms with Crippen molar-refractivity contribution >= 4 is 32.3 Å². The first-order valence-corrected chi connectivity index (χ1v) is 11.2. The molecule has 1 aromatic heterocycles. The summed E-state index contributed by atoms with van der Waals surface area (Å²) in [5.41, 5.74) is 2.64. The minimum absolute atomic E-state index is 0.0581. The predicted octanol–water partition coefficient (Wildman–Crippen LogP) is 8.20. The molecule has 1 aliphatic rings. The maximum absolute atomic E-state index is 14.7. The number of rotatable bonds is 1. The van der Waals surface area contributed by atoms with Crippen molar-refractivity contribution in [3.8, 4) is 0 Å². The molecule has 0 saturated heterocycles. The molecule has 0 amide bonds. The first-order valence-electron chi connectivity index (χ1n) is 11.2. The summed E-state index contributed by atoms with van der Waals surface area (Å²) >= 11 is 0. The van der Waals surface area contributed by atoms with Crippen molar-refractivity contribution in [3.05, 3.63) is 102 Å². The normalized spacial score (nSPS) is 15.5. The van der Waals surface area contributed by atoms with Gasteiger partial charge in [0.05, 0.1) is 0 Å². The van der Waals surface area contributed by atoms with Crippen LogP contribution in [0, 0.1) is 5.82 Å². The van der Waals surface area contributed by atoms with Gasteiger partial charge in [0.25, 0.3) is 0 Å². The van der Waals surface area contributed by atoms with Gasteiger partial charge in [-0.1, -0.05) is 67.6 Å². The van der Waals surface area contributed by atoms with E-state index in [1.165, 1.54) is 34.7 Å². The largest absolute Gasteiger partial charge is 0.264 e. The molecule has 2 heteroatoms. The Kier molecular flexibility index (Phi) is 5.38. The molecule has 0 saturated carbocycles. The maximum Gasteiger partial charge on any atom is 0.131 e. The molecule has 0 fully saturated rings. The molecule has 0 N–H and O–H groups in total. The molecule has 6 rings (SSSR count). The van der Waals surface area contributed by atoms with E-state index in [1.807, 2.05) is 48.8 Å². The fraction of sp³-hybridized carbons (Fsp3) is 0.207. The van der Waals surface area contributed by atoms with Crippen LogP contribution in [0.5, 0.6) is 0 Å². The highest BCUT2D eigenvalue weighted by molar-refractivity contribution is 6.09. The summed E-state index contributed by atoms with van der Waals surface area (Å²) in [6, 6.07) is 24.4. The minimum Gasteiger partial charge on any atom is -0.264 e. The predicted molar refractivity (Wildman–Crippen MR) is 129 cm³/mol. The lowest BCUT2D eigenvalue weighted by Gasteiger charge is -2.26. The fourth-order valence-corrected chi connectivity index (χ4v) is 5.02. The molecular weight excluding hydrogens is 381 g/mol.